The van der Waals surface area contributed by atoms with Crippen molar-refractivity contribution < 1.29 is 4.79 Å². The van der Waals surface area contributed by atoms with E-state index in [1.165, 1.54) is 24.0 Å². The lowest BCUT2D eigenvalue weighted by Gasteiger charge is -2.32. The SMILES string of the molecule is CN(C)C(=O)c1cc(C[C@@H]2CCCN(Cc3cncs3)C2)ncn1. The molecule has 7 heteroatoms. The van der Waals surface area contributed by atoms with Crippen LogP contribution in [0.15, 0.2) is 24.1 Å². The van der Waals surface area contributed by atoms with Crippen LogP contribution in [0.3, 0.4) is 0 Å². The number of hydrogen-bond donors (Lipinski definition) is 0. The van der Waals surface area contributed by atoms with E-state index in [1.54, 1.807) is 30.3 Å². The largest absolute Gasteiger partial charge is 0.343 e. The fourth-order valence-corrected chi connectivity index (χ4v) is 3.79. The van der Waals surface area contributed by atoms with E-state index in [2.05, 4.69) is 19.9 Å². The summed E-state index contributed by atoms with van der Waals surface area (Å²) in [6.07, 6.45) is 6.77. The lowest BCUT2D eigenvalue weighted by molar-refractivity contribution is 0.0821. The zero-order valence-corrected chi connectivity index (χ0v) is 15.0. The molecule has 0 N–H and O–H groups in total. The Hall–Kier alpha value is -1.86. The molecule has 1 fully saturated rings. The maximum Gasteiger partial charge on any atom is 0.272 e. The first-order valence-electron chi connectivity index (χ1n) is 8.24. The number of carbonyl (C=O) groups is 1. The normalized spacial score (nSPS) is 18.5. The van der Waals surface area contributed by atoms with Gasteiger partial charge in [0.25, 0.3) is 5.91 Å². The second-order valence-corrected chi connectivity index (χ2v) is 7.48. The Bertz CT molecular complexity index is 673. The number of carbonyl (C=O) groups excluding carboxylic acids is 1. The summed E-state index contributed by atoms with van der Waals surface area (Å²) in [5.41, 5.74) is 3.32. The zero-order valence-electron chi connectivity index (χ0n) is 14.2. The highest BCUT2D eigenvalue weighted by Gasteiger charge is 2.21. The van der Waals surface area contributed by atoms with Crippen molar-refractivity contribution in [1.29, 1.82) is 0 Å². The van der Waals surface area contributed by atoms with E-state index in [4.69, 9.17) is 0 Å². The third kappa shape index (κ3) is 4.36. The highest BCUT2D eigenvalue weighted by atomic mass is 32.1. The van der Waals surface area contributed by atoms with Crippen LogP contribution in [-0.4, -0.2) is 57.8 Å². The summed E-state index contributed by atoms with van der Waals surface area (Å²) in [6, 6.07) is 1.84. The molecule has 0 bridgehead atoms. The van der Waals surface area contributed by atoms with Crippen molar-refractivity contribution in [3.63, 3.8) is 0 Å². The van der Waals surface area contributed by atoms with Gasteiger partial charge in [-0.25, -0.2) is 9.97 Å². The Morgan fingerprint density at radius 3 is 3.04 bits per heavy atom. The standard InChI is InChI=1S/C17H23N5OS/c1-21(2)17(23)16-7-14(19-11-20-16)6-13-4-3-5-22(9-13)10-15-8-18-12-24-15/h7-8,11-13H,3-6,9-10H2,1-2H3/t13-/m0/s1. The molecule has 0 aliphatic carbocycles. The number of amides is 1. The van der Waals surface area contributed by atoms with Gasteiger partial charge in [0.1, 0.15) is 12.0 Å². The Labute approximate surface area is 146 Å². The molecule has 1 atom stereocenters. The van der Waals surface area contributed by atoms with Crippen LogP contribution in [0.2, 0.25) is 0 Å². The molecule has 0 unspecified atom stereocenters. The summed E-state index contributed by atoms with van der Waals surface area (Å²) in [5, 5.41) is 0. The monoisotopic (exact) mass is 345 g/mol. The second-order valence-electron chi connectivity index (χ2n) is 6.51. The topological polar surface area (TPSA) is 62.2 Å². The number of hydrogen-bond acceptors (Lipinski definition) is 6. The molecule has 2 aromatic rings. The van der Waals surface area contributed by atoms with Crippen molar-refractivity contribution in [2.75, 3.05) is 27.2 Å². The maximum absolute atomic E-state index is 12.0. The molecule has 2 aromatic heterocycles. The fraction of sp³-hybridized carbons (Fsp3) is 0.529. The van der Waals surface area contributed by atoms with Gasteiger partial charge in [-0.3, -0.25) is 14.7 Å². The van der Waals surface area contributed by atoms with Gasteiger partial charge in [-0.15, -0.1) is 11.3 Å². The van der Waals surface area contributed by atoms with Crippen molar-refractivity contribution >= 4 is 17.2 Å². The molecule has 3 rings (SSSR count). The van der Waals surface area contributed by atoms with Gasteiger partial charge in [0.05, 0.1) is 5.51 Å². The number of likely N-dealkylation sites (tertiary alicyclic amines) is 1. The average Bonchev–Trinajstić information content (AvgIpc) is 3.07. The maximum atomic E-state index is 12.0. The molecule has 3 heterocycles. The van der Waals surface area contributed by atoms with E-state index in [9.17, 15) is 4.79 Å². The van der Waals surface area contributed by atoms with Crippen molar-refractivity contribution in [1.82, 2.24) is 24.8 Å². The summed E-state index contributed by atoms with van der Waals surface area (Å²) < 4.78 is 0. The summed E-state index contributed by atoms with van der Waals surface area (Å²) in [7, 11) is 3.48. The lowest BCUT2D eigenvalue weighted by atomic mass is 9.93. The first-order chi connectivity index (χ1) is 11.6. The van der Waals surface area contributed by atoms with Crippen LogP contribution in [0, 0.1) is 5.92 Å². The Morgan fingerprint density at radius 1 is 1.42 bits per heavy atom. The second kappa shape index (κ2) is 7.81. The van der Waals surface area contributed by atoms with E-state index < -0.39 is 0 Å². The van der Waals surface area contributed by atoms with E-state index >= 15 is 0 Å². The molecule has 1 aliphatic rings. The van der Waals surface area contributed by atoms with Crippen molar-refractivity contribution in [2.45, 2.75) is 25.8 Å². The number of nitrogens with zero attached hydrogens (tertiary/aromatic N) is 5. The first kappa shape index (κ1) is 17.0. The summed E-state index contributed by atoms with van der Waals surface area (Å²) in [6.45, 7) is 3.19. The highest BCUT2D eigenvalue weighted by molar-refractivity contribution is 7.09. The Morgan fingerprint density at radius 2 is 2.29 bits per heavy atom. The predicted molar refractivity (Wildman–Crippen MR) is 93.9 cm³/mol. The molecule has 128 valence electrons. The van der Waals surface area contributed by atoms with Crippen LogP contribution >= 0.6 is 11.3 Å². The Balaban J connectivity index is 1.61. The Kier molecular flexibility index (Phi) is 5.52. The first-order valence-corrected chi connectivity index (χ1v) is 9.12. The number of thiazole rings is 1. The van der Waals surface area contributed by atoms with Crippen LogP contribution < -0.4 is 0 Å². The van der Waals surface area contributed by atoms with Gasteiger partial charge in [0.15, 0.2) is 0 Å². The fourth-order valence-electron chi connectivity index (χ4n) is 3.15. The van der Waals surface area contributed by atoms with Crippen LogP contribution in [0.4, 0.5) is 0 Å². The zero-order chi connectivity index (χ0) is 16.9. The molecule has 0 radical (unpaired) electrons. The van der Waals surface area contributed by atoms with Crippen LogP contribution in [0.1, 0.15) is 33.9 Å². The van der Waals surface area contributed by atoms with Gasteiger partial charge >= 0.3 is 0 Å². The molecule has 1 saturated heterocycles. The van der Waals surface area contributed by atoms with E-state index in [0.29, 0.717) is 11.6 Å². The summed E-state index contributed by atoms with van der Waals surface area (Å²) >= 11 is 1.71. The van der Waals surface area contributed by atoms with Gasteiger partial charge in [-0.2, -0.15) is 0 Å². The van der Waals surface area contributed by atoms with E-state index in [-0.39, 0.29) is 5.91 Å². The molecule has 0 saturated carbocycles. The van der Waals surface area contributed by atoms with Gasteiger partial charge in [-0.05, 0) is 37.8 Å². The molecule has 1 aliphatic heterocycles. The third-order valence-corrected chi connectivity index (χ3v) is 5.08. The number of aromatic nitrogens is 3. The van der Waals surface area contributed by atoms with Crippen LogP contribution in [0.5, 0.6) is 0 Å². The van der Waals surface area contributed by atoms with Gasteiger partial charge in [0.2, 0.25) is 0 Å². The summed E-state index contributed by atoms with van der Waals surface area (Å²) in [4.78, 5) is 30.0. The van der Waals surface area contributed by atoms with Gasteiger partial charge in [-0.1, -0.05) is 0 Å². The average molecular weight is 345 g/mol. The molecular formula is C17H23N5OS. The van der Waals surface area contributed by atoms with Gasteiger partial charge < -0.3 is 4.90 Å². The minimum Gasteiger partial charge on any atom is -0.343 e. The van der Waals surface area contributed by atoms with E-state index in [0.717, 1.165) is 31.7 Å². The van der Waals surface area contributed by atoms with Crippen LogP contribution in [-0.2, 0) is 13.0 Å². The molecule has 24 heavy (non-hydrogen) atoms. The molecule has 0 spiro atoms. The van der Waals surface area contributed by atoms with Crippen molar-refractivity contribution in [2.24, 2.45) is 5.92 Å². The molecular weight excluding hydrogens is 322 g/mol. The smallest absolute Gasteiger partial charge is 0.272 e. The highest BCUT2D eigenvalue weighted by Crippen LogP contribution is 2.22. The van der Waals surface area contributed by atoms with E-state index in [1.807, 2.05) is 17.8 Å². The van der Waals surface area contributed by atoms with Crippen molar-refractivity contribution in [3.8, 4) is 0 Å². The van der Waals surface area contributed by atoms with Crippen LogP contribution in [0.25, 0.3) is 0 Å². The van der Waals surface area contributed by atoms with Crippen molar-refractivity contribution in [3.05, 3.63) is 40.4 Å². The molecule has 0 aromatic carbocycles. The number of piperidine rings is 1. The third-order valence-electron chi connectivity index (χ3n) is 4.31. The quantitative estimate of drug-likeness (QED) is 0.830. The molecule has 1 amide bonds. The lowest BCUT2D eigenvalue weighted by Crippen LogP contribution is -2.35. The predicted octanol–water partition coefficient (Wildman–Crippen LogP) is 2.09. The van der Waals surface area contributed by atoms with Gasteiger partial charge in [0, 0.05) is 44.0 Å². The number of rotatable bonds is 5. The minimum absolute atomic E-state index is 0.0749. The molecule has 6 nitrogen and oxygen atoms in total. The summed E-state index contributed by atoms with van der Waals surface area (Å²) in [5.74, 6) is 0.498. The minimum atomic E-state index is -0.0749.